The summed E-state index contributed by atoms with van der Waals surface area (Å²) in [5.74, 6) is -2.08. The summed E-state index contributed by atoms with van der Waals surface area (Å²) < 4.78 is 26.2. The predicted octanol–water partition coefficient (Wildman–Crippen LogP) is 1.94. The van der Waals surface area contributed by atoms with Crippen LogP contribution < -0.4 is 4.90 Å². The lowest BCUT2D eigenvalue weighted by atomic mass is 10.0. The summed E-state index contributed by atoms with van der Waals surface area (Å²) in [4.78, 5) is 13.7. The number of aliphatic hydroxyl groups is 1. The van der Waals surface area contributed by atoms with Crippen LogP contribution in [0.3, 0.4) is 0 Å². The van der Waals surface area contributed by atoms with E-state index < -0.39 is 11.6 Å². The number of aliphatic hydroxyl groups excluding tert-OH is 1. The Hall–Kier alpha value is -1.49. The number of nitrogens with zero attached hydrogens (tertiary/aromatic N) is 1. The van der Waals surface area contributed by atoms with E-state index in [4.69, 9.17) is 0 Å². The summed E-state index contributed by atoms with van der Waals surface area (Å²) in [6.07, 6.45) is 0. The highest BCUT2D eigenvalue weighted by Gasteiger charge is 2.71. The summed E-state index contributed by atoms with van der Waals surface area (Å²) >= 11 is 0. The molecule has 1 amide bonds. The lowest BCUT2D eigenvalue weighted by Crippen LogP contribution is -2.42. The zero-order valence-corrected chi connectivity index (χ0v) is 10.7. The van der Waals surface area contributed by atoms with Crippen LogP contribution in [0.5, 0.6) is 0 Å². The number of hydrogen-bond donors (Lipinski definition) is 1. The van der Waals surface area contributed by atoms with Crippen LogP contribution in [-0.4, -0.2) is 23.7 Å². The van der Waals surface area contributed by atoms with Crippen molar-refractivity contribution in [2.24, 2.45) is 17.3 Å². The Morgan fingerprint density at radius 2 is 2.00 bits per heavy atom. The quantitative estimate of drug-likeness (QED) is 0.889. The van der Waals surface area contributed by atoms with Crippen LogP contribution in [0, 0.1) is 28.9 Å². The van der Waals surface area contributed by atoms with E-state index in [1.807, 2.05) is 13.8 Å². The third-order valence-corrected chi connectivity index (χ3v) is 4.53. The maximum atomic E-state index is 13.3. The number of anilines is 1. The van der Waals surface area contributed by atoms with E-state index in [0.717, 1.165) is 12.1 Å². The Morgan fingerprint density at radius 3 is 2.58 bits per heavy atom. The lowest BCUT2D eigenvalue weighted by Gasteiger charge is -2.29. The van der Waals surface area contributed by atoms with Gasteiger partial charge < -0.3 is 10.0 Å². The van der Waals surface area contributed by atoms with E-state index in [1.165, 1.54) is 11.0 Å². The van der Waals surface area contributed by atoms with Crippen LogP contribution in [0.25, 0.3) is 0 Å². The third-order valence-electron chi connectivity index (χ3n) is 4.53. The van der Waals surface area contributed by atoms with Crippen molar-refractivity contribution in [2.75, 3.05) is 11.5 Å². The molecule has 1 saturated carbocycles. The molecule has 1 aromatic rings. The monoisotopic (exact) mass is 267 g/mol. The Labute approximate surface area is 109 Å². The van der Waals surface area contributed by atoms with Gasteiger partial charge in [-0.15, -0.1) is 0 Å². The summed E-state index contributed by atoms with van der Waals surface area (Å²) in [6.45, 7) is 3.81. The molecule has 1 N–H and O–H groups in total. The molecule has 2 fully saturated rings. The molecule has 1 aliphatic carbocycles. The molecule has 0 aromatic heterocycles. The van der Waals surface area contributed by atoms with Crippen molar-refractivity contribution in [3.05, 3.63) is 29.8 Å². The first-order chi connectivity index (χ1) is 8.89. The number of hydrogen-bond acceptors (Lipinski definition) is 2. The van der Waals surface area contributed by atoms with E-state index in [9.17, 15) is 18.7 Å². The number of carbonyl (C=O) groups excluding carboxylic acids is 1. The topological polar surface area (TPSA) is 40.5 Å². The minimum absolute atomic E-state index is 0.0816. The smallest absolute Gasteiger partial charge is 0.231 e. The first kappa shape index (κ1) is 12.5. The molecule has 0 spiro atoms. The predicted molar refractivity (Wildman–Crippen MR) is 65.5 cm³/mol. The van der Waals surface area contributed by atoms with Crippen LogP contribution in [0.15, 0.2) is 18.2 Å². The summed E-state index contributed by atoms with van der Waals surface area (Å²) in [6, 6.07) is 3.03. The highest BCUT2D eigenvalue weighted by molar-refractivity contribution is 6.02. The second-order valence-corrected chi connectivity index (χ2v) is 5.88. The minimum Gasteiger partial charge on any atom is -0.394 e. The Bertz CT molecular complexity index is 558. The molecular formula is C14H15F2NO2. The van der Waals surface area contributed by atoms with Crippen LogP contribution >= 0.6 is 0 Å². The van der Waals surface area contributed by atoms with Crippen LogP contribution in [0.4, 0.5) is 14.5 Å². The van der Waals surface area contributed by atoms with E-state index in [1.54, 1.807) is 0 Å². The highest BCUT2D eigenvalue weighted by Crippen LogP contribution is 2.65. The van der Waals surface area contributed by atoms with Gasteiger partial charge in [0, 0.05) is 17.7 Å². The van der Waals surface area contributed by atoms with Crippen LogP contribution in [0.2, 0.25) is 0 Å². The van der Waals surface area contributed by atoms with Gasteiger partial charge in [-0.25, -0.2) is 8.78 Å². The van der Waals surface area contributed by atoms with Crippen molar-refractivity contribution in [3.63, 3.8) is 0 Å². The second kappa shape index (κ2) is 3.76. The molecule has 3 rings (SSSR count). The Balaban J connectivity index is 1.97. The maximum absolute atomic E-state index is 13.3. The van der Waals surface area contributed by atoms with Crippen molar-refractivity contribution >= 4 is 11.6 Å². The van der Waals surface area contributed by atoms with Gasteiger partial charge in [-0.05, 0) is 23.5 Å². The first-order valence-electron chi connectivity index (χ1n) is 6.28. The largest absolute Gasteiger partial charge is 0.394 e. The molecule has 3 nitrogen and oxygen atoms in total. The number of halogens is 2. The standard InChI is InChI=1S/C14H15F2NO2/c1-14(2)11-10(6-18)17(13(19)12(11)14)7-3-4-8(15)9(16)5-7/h3-5,10-12,18H,6H2,1-2H3/t10-,11-,12-/m1/s1. The highest BCUT2D eigenvalue weighted by atomic mass is 19.2. The van der Waals surface area contributed by atoms with Crippen LogP contribution in [-0.2, 0) is 4.79 Å². The van der Waals surface area contributed by atoms with Crippen molar-refractivity contribution in [2.45, 2.75) is 19.9 Å². The van der Waals surface area contributed by atoms with Gasteiger partial charge in [-0.3, -0.25) is 4.79 Å². The summed E-state index contributed by atoms with van der Waals surface area (Å²) in [5, 5.41) is 9.51. The van der Waals surface area contributed by atoms with E-state index in [-0.39, 0.29) is 35.8 Å². The SMILES string of the molecule is CC1(C)[C@@H]2[C@@H](CO)N(c3ccc(F)c(F)c3)C(=O)[C@@H]21. The molecule has 1 aliphatic heterocycles. The minimum atomic E-state index is -0.984. The Morgan fingerprint density at radius 1 is 1.32 bits per heavy atom. The molecule has 1 saturated heterocycles. The van der Waals surface area contributed by atoms with Gasteiger partial charge in [0.15, 0.2) is 11.6 Å². The molecule has 5 heteroatoms. The molecule has 102 valence electrons. The normalized spacial score (nSPS) is 31.5. The number of piperidine rings is 1. The zero-order valence-electron chi connectivity index (χ0n) is 10.7. The van der Waals surface area contributed by atoms with Gasteiger partial charge in [-0.1, -0.05) is 13.8 Å². The molecule has 1 heterocycles. The summed E-state index contributed by atoms with van der Waals surface area (Å²) in [7, 11) is 0. The lowest BCUT2D eigenvalue weighted by molar-refractivity contribution is -0.119. The first-order valence-corrected chi connectivity index (χ1v) is 6.28. The number of fused-ring (bicyclic) bond motifs is 1. The number of benzene rings is 1. The van der Waals surface area contributed by atoms with E-state index >= 15 is 0 Å². The fraction of sp³-hybridized carbons (Fsp3) is 0.500. The van der Waals surface area contributed by atoms with Crippen molar-refractivity contribution in [1.29, 1.82) is 0 Å². The Kier molecular flexibility index (Phi) is 2.48. The van der Waals surface area contributed by atoms with Gasteiger partial charge in [0.1, 0.15) is 0 Å². The van der Waals surface area contributed by atoms with Crippen molar-refractivity contribution in [3.8, 4) is 0 Å². The molecule has 19 heavy (non-hydrogen) atoms. The number of rotatable bonds is 2. The summed E-state index contributed by atoms with van der Waals surface area (Å²) in [5.41, 5.74) is 0.200. The maximum Gasteiger partial charge on any atom is 0.231 e. The average Bonchev–Trinajstić information content (AvgIpc) is 2.76. The van der Waals surface area contributed by atoms with Crippen molar-refractivity contribution in [1.82, 2.24) is 0 Å². The van der Waals surface area contributed by atoms with E-state index in [2.05, 4.69) is 0 Å². The molecule has 1 aromatic carbocycles. The van der Waals surface area contributed by atoms with Crippen molar-refractivity contribution < 1.29 is 18.7 Å². The van der Waals surface area contributed by atoms with Gasteiger partial charge >= 0.3 is 0 Å². The second-order valence-electron chi connectivity index (χ2n) is 5.88. The third kappa shape index (κ3) is 1.54. The number of carbonyl (C=O) groups is 1. The molecule has 3 atom stereocenters. The fourth-order valence-electron chi connectivity index (χ4n) is 3.49. The average molecular weight is 267 g/mol. The van der Waals surface area contributed by atoms with Gasteiger partial charge in [0.2, 0.25) is 5.91 Å². The van der Waals surface area contributed by atoms with Gasteiger partial charge in [0.05, 0.1) is 12.6 Å². The van der Waals surface area contributed by atoms with E-state index in [0.29, 0.717) is 5.69 Å². The molecular weight excluding hydrogens is 252 g/mol. The van der Waals surface area contributed by atoms with Crippen LogP contribution in [0.1, 0.15) is 13.8 Å². The molecule has 0 radical (unpaired) electrons. The molecule has 0 bridgehead atoms. The van der Waals surface area contributed by atoms with Gasteiger partial charge in [0.25, 0.3) is 0 Å². The number of amides is 1. The molecule has 2 aliphatic rings. The fourth-order valence-corrected chi connectivity index (χ4v) is 3.49. The zero-order chi connectivity index (χ0) is 13.9. The molecule has 0 unspecified atom stereocenters. The van der Waals surface area contributed by atoms with Gasteiger partial charge in [-0.2, -0.15) is 0 Å².